The highest BCUT2D eigenvalue weighted by molar-refractivity contribution is 9.09. The fourth-order valence-corrected chi connectivity index (χ4v) is 9.22. The molecule has 3 aliphatic heterocycles. The van der Waals surface area contributed by atoms with Gasteiger partial charge in [-0.3, -0.25) is 14.4 Å². The first kappa shape index (κ1) is 24.3. The molecule has 4 rings (SSSR count). The molecule has 2 amide bonds. The second-order valence-electron chi connectivity index (χ2n) is 8.66. The Morgan fingerprint density at radius 3 is 2.76 bits per heavy atom. The van der Waals surface area contributed by atoms with Crippen molar-refractivity contribution in [2.75, 3.05) is 26.3 Å². The smallest absolute Gasteiger partial charge is 0.310 e. The fourth-order valence-electron chi connectivity index (χ4n) is 5.63. The number of likely N-dealkylation sites (tertiary alicyclic amines) is 1. The molecular weight excluding hydrogens is 508 g/mol. The van der Waals surface area contributed by atoms with Gasteiger partial charge in [0.25, 0.3) is 0 Å². The molecule has 9 heteroatoms. The van der Waals surface area contributed by atoms with Gasteiger partial charge in [0, 0.05) is 29.7 Å². The Hall–Kier alpha value is -1.84. The molecule has 2 bridgehead atoms. The number of hydrogen-bond donors (Lipinski definition) is 1. The topological polar surface area (TPSA) is 87.2 Å². The first-order chi connectivity index (χ1) is 15.9. The van der Waals surface area contributed by atoms with Crippen LogP contribution < -0.4 is 0 Å². The molecule has 3 fully saturated rings. The monoisotopic (exact) mass is 536 g/mol. The standard InChI is InChI=1S/C24H29BrN2O5S/c1-3-10-26(14-15-8-6-5-7-9-15)22(30)20-24-13-16(25)19(33-24)17(23(31)32-4-2)18(24)21(29)27(20)11-12-28/h3,5-9,16-20,28H,1,4,10-14H2,2H3/t16?,17-,18-,19-,20?,24?/m0/s1. The number of thioether (sulfide) groups is 1. The van der Waals surface area contributed by atoms with Gasteiger partial charge in [0.1, 0.15) is 6.04 Å². The van der Waals surface area contributed by atoms with Crippen LogP contribution in [0, 0.1) is 11.8 Å². The molecule has 1 spiro atoms. The van der Waals surface area contributed by atoms with E-state index < -0.39 is 22.6 Å². The molecule has 7 nitrogen and oxygen atoms in total. The van der Waals surface area contributed by atoms with Crippen LogP contribution in [0.2, 0.25) is 0 Å². The summed E-state index contributed by atoms with van der Waals surface area (Å²) in [6.45, 7) is 6.31. The Balaban J connectivity index is 1.72. The van der Waals surface area contributed by atoms with E-state index in [0.717, 1.165) is 5.56 Å². The van der Waals surface area contributed by atoms with E-state index in [0.29, 0.717) is 19.5 Å². The summed E-state index contributed by atoms with van der Waals surface area (Å²) >= 11 is 5.28. The molecule has 0 aliphatic carbocycles. The minimum atomic E-state index is -0.764. The molecular formula is C24H29BrN2O5S. The molecule has 6 atom stereocenters. The normalized spacial score (nSPS) is 32.0. The molecule has 3 saturated heterocycles. The number of esters is 1. The molecule has 178 valence electrons. The van der Waals surface area contributed by atoms with E-state index in [1.165, 1.54) is 4.90 Å². The number of hydrogen-bond acceptors (Lipinski definition) is 6. The fraction of sp³-hybridized carbons (Fsp3) is 0.542. The van der Waals surface area contributed by atoms with Gasteiger partial charge in [0.05, 0.1) is 29.8 Å². The number of ether oxygens (including phenoxy) is 1. The highest BCUT2D eigenvalue weighted by Crippen LogP contribution is 2.68. The number of halogens is 1. The van der Waals surface area contributed by atoms with Crippen LogP contribution in [0.5, 0.6) is 0 Å². The summed E-state index contributed by atoms with van der Waals surface area (Å²) in [7, 11) is 0. The second-order valence-corrected chi connectivity index (χ2v) is 11.4. The molecule has 1 N–H and O–H groups in total. The number of nitrogens with zero attached hydrogens (tertiary/aromatic N) is 2. The highest BCUT2D eigenvalue weighted by atomic mass is 79.9. The molecule has 3 aliphatic rings. The van der Waals surface area contributed by atoms with E-state index >= 15 is 0 Å². The number of carbonyl (C=O) groups excluding carboxylic acids is 3. The van der Waals surface area contributed by atoms with Gasteiger partial charge in [0.15, 0.2) is 0 Å². The molecule has 0 aromatic heterocycles. The van der Waals surface area contributed by atoms with E-state index in [2.05, 4.69) is 22.5 Å². The van der Waals surface area contributed by atoms with Crippen LogP contribution in [0.1, 0.15) is 18.9 Å². The predicted molar refractivity (Wildman–Crippen MR) is 130 cm³/mol. The average molecular weight is 537 g/mol. The summed E-state index contributed by atoms with van der Waals surface area (Å²) in [5.41, 5.74) is 0.978. The van der Waals surface area contributed by atoms with Crippen LogP contribution in [0.4, 0.5) is 0 Å². The maximum absolute atomic E-state index is 14.1. The number of alkyl halides is 1. The third-order valence-corrected chi connectivity index (χ3v) is 10.0. The van der Waals surface area contributed by atoms with Crippen molar-refractivity contribution in [3.05, 3.63) is 48.6 Å². The molecule has 3 unspecified atom stereocenters. The Morgan fingerprint density at radius 2 is 2.12 bits per heavy atom. The van der Waals surface area contributed by atoms with Crippen LogP contribution >= 0.6 is 27.7 Å². The van der Waals surface area contributed by atoms with E-state index in [-0.39, 0.29) is 47.6 Å². The third-order valence-electron chi connectivity index (χ3n) is 6.80. The van der Waals surface area contributed by atoms with Gasteiger partial charge < -0.3 is 19.6 Å². The molecule has 0 saturated carbocycles. The second kappa shape index (κ2) is 9.80. The highest BCUT2D eigenvalue weighted by Gasteiger charge is 2.76. The molecule has 1 aromatic carbocycles. The van der Waals surface area contributed by atoms with Gasteiger partial charge >= 0.3 is 5.97 Å². The number of amides is 2. The number of carbonyl (C=O) groups is 3. The lowest BCUT2D eigenvalue weighted by atomic mass is 9.71. The van der Waals surface area contributed by atoms with Crippen LogP contribution in [0.25, 0.3) is 0 Å². The molecule has 0 radical (unpaired) electrons. The molecule has 1 aromatic rings. The van der Waals surface area contributed by atoms with Crippen LogP contribution in [0.15, 0.2) is 43.0 Å². The van der Waals surface area contributed by atoms with E-state index in [4.69, 9.17) is 4.74 Å². The summed E-state index contributed by atoms with van der Waals surface area (Å²) in [5.74, 6) is -2.05. The summed E-state index contributed by atoms with van der Waals surface area (Å²) in [4.78, 5) is 43.8. The minimum Gasteiger partial charge on any atom is -0.466 e. The average Bonchev–Trinajstić information content (AvgIpc) is 3.38. The van der Waals surface area contributed by atoms with Gasteiger partial charge in [-0.1, -0.05) is 52.3 Å². The SMILES string of the molecule is C=CCN(Cc1ccccc1)C(=O)C1N(CCO)C(=O)[C@@H]2[C@H](C(=O)OCC)[C@H]3SC12CC3Br. The number of aliphatic hydroxyl groups excluding tert-OH is 1. The molecule has 33 heavy (non-hydrogen) atoms. The summed E-state index contributed by atoms with van der Waals surface area (Å²) < 4.78 is 4.59. The molecule has 3 heterocycles. The Labute approximate surface area is 206 Å². The Bertz CT molecular complexity index is 931. The zero-order valence-electron chi connectivity index (χ0n) is 18.6. The maximum atomic E-state index is 14.1. The lowest BCUT2D eigenvalue weighted by Crippen LogP contribution is -2.55. The van der Waals surface area contributed by atoms with E-state index in [9.17, 15) is 19.5 Å². The van der Waals surface area contributed by atoms with E-state index in [1.807, 2.05) is 30.3 Å². The lowest BCUT2D eigenvalue weighted by Gasteiger charge is -2.37. The van der Waals surface area contributed by atoms with Crippen molar-refractivity contribution >= 4 is 45.5 Å². The quantitative estimate of drug-likeness (QED) is 0.296. The predicted octanol–water partition coefficient (Wildman–Crippen LogP) is 2.22. The van der Waals surface area contributed by atoms with Gasteiger partial charge in [-0.05, 0) is 18.9 Å². The number of benzene rings is 1. The van der Waals surface area contributed by atoms with Crippen LogP contribution in [0.3, 0.4) is 0 Å². The number of aliphatic hydroxyl groups is 1. The van der Waals surface area contributed by atoms with Gasteiger partial charge in [0.2, 0.25) is 11.8 Å². The first-order valence-corrected chi connectivity index (χ1v) is 13.0. The van der Waals surface area contributed by atoms with Gasteiger partial charge in [-0.25, -0.2) is 0 Å². The number of β-amino-alcohol motifs (C(OH)–C–C–N with tert-alkyl or cyclic N) is 1. The lowest BCUT2D eigenvalue weighted by molar-refractivity contribution is -0.153. The minimum absolute atomic E-state index is 0.00712. The third kappa shape index (κ3) is 4.02. The zero-order chi connectivity index (χ0) is 23.8. The largest absolute Gasteiger partial charge is 0.466 e. The van der Waals surface area contributed by atoms with Crippen molar-refractivity contribution in [3.63, 3.8) is 0 Å². The first-order valence-electron chi connectivity index (χ1n) is 11.2. The Morgan fingerprint density at radius 1 is 1.39 bits per heavy atom. The van der Waals surface area contributed by atoms with Crippen molar-refractivity contribution in [2.24, 2.45) is 11.8 Å². The van der Waals surface area contributed by atoms with Crippen molar-refractivity contribution in [1.29, 1.82) is 0 Å². The Kier molecular flexibility index (Phi) is 7.21. The van der Waals surface area contributed by atoms with Crippen molar-refractivity contribution in [3.8, 4) is 0 Å². The maximum Gasteiger partial charge on any atom is 0.310 e. The van der Waals surface area contributed by atoms with Gasteiger partial charge in [-0.15, -0.1) is 18.3 Å². The summed E-state index contributed by atoms with van der Waals surface area (Å²) in [5, 5.41) is 9.59. The van der Waals surface area contributed by atoms with Crippen molar-refractivity contribution < 1.29 is 24.2 Å². The van der Waals surface area contributed by atoms with Crippen LogP contribution in [-0.4, -0.2) is 79.9 Å². The number of rotatable bonds is 9. The van der Waals surface area contributed by atoms with Crippen molar-refractivity contribution in [2.45, 2.75) is 40.8 Å². The zero-order valence-corrected chi connectivity index (χ0v) is 21.0. The van der Waals surface area contributed by atoms with Crippen LogP contribution in [-0.2, 0) is 25.7 Å². The van der Waals surface area contributed by atoms with Gasteiger partial charge in [-0.2, -0.15) is 0 Å². The van der Waals surface area contributed by atoms with E-state index in [1.54, 1.807) is 29.7 Å². The number of fused-ring (bicyclic) bond motifs is 1. The summed E-state index contributed by atoms with van der Waals surface area (Å²) in [6, 6.07) is 8.91. The summed E-state index contributed by atoms with van der Waals surface area (Å²) in [6.07, 6.45) is 2.28. The van der Waals surface area contributed by atoms with Crippen molar-refractivity contribution in [1.82, 2.24) is 9.80 Å².